The van der Waals surface area contributed by atoms with Crippen LogP contribution in [0.1, 0.15) is 68.9 Å². The van der Waals surface area contributed by atoms with Gasteiger partial charge in [-0.1, -0.05) is 69.2 Å². The van der Waals surface area contributed by atoms with E-state index in [1.54, 1.807) is 18.2 Å². The maximum Gasteiger partial charge on any atom is 0.123 e. The lowest BCUT2D eigenvalue weighted by molar-refractivity contribution is 0.282. The van der Waals surface area contributed by atoms with Crippen LogP contribution in [-0.4, -0.2) is 18.3 Å². The second-order valence-electron chi connectivity index (χ2n) is 7.50. The van der Waals surface area contributed by atoms with Crippen LogP contribution in [0.5, 0.6) is 5.75 Å². The van der Waals surface area contributed by atoms with Crippen LogP contribution in [0.3, 0.4) is 0 Å². The topological polar surface area (TPSA) is 53.2 Å². The summed E-state index contributed by atoms with van der Waals surface area (Å²) in [4.78, 5) is 0. The van der Waals surface area contributed by atoms with Gasteiger partial charge in [0.2, 0.25) is 0 Å². The third kappa shape index (κ3) is 9.24. The summed E-state index contributed by atoms with van der Waals surface area (Å²) in [6, 6.07) is 15.8. The molecule has 0 aliphatic carbocycles. The van der Waals surface area contributed by atoms with E-state index in [0.29, 0.717) is 24.4 Å². The second kappa shape index (κ2) is 14.4. The van der Waals surface area contributed by atoms with Crippen LogP contribution in [-0.2, 0) is 0 Å². The van der Waals surface area contributed by atoms with Crippen molar-refractivity contribution in [1.29, 1.82) is 5.26 Å². The van der Waals surface area contributed by atoms with Crippen molar-refractivity contribution in [2.45, 2.75) is 57.8 Å². The molecule has 0 amide bonds. The Morgan fingerprint density at radius 3 is 1.97 bits per heavy atom. The van der Waals surface area contributed by atoms with E-state index in [9.17, 15) is 9.65 Å². The van der Waals surface area contributed by atoms with Gasteiger partial charge in [0.05, 0.1) is 18.2 Å². The lowest BCUT2D eigenvalue weighted by atomic mass is 10.0. The summed E-state index contributed by atoms with van der Waals surface area (Å²) in [5, 5.41) is 18.1. The van der Waals surface area contributed by atoms with Crippen LogP contribution < -0.4 is 4.74 Å². The highest BCUT2D eigenvalue weighted by Gasteiger charge is 2.02. The molecule has 160 valence electrons. The summed E-state index contributed by atoms with van der Waals surface area (Å²) in [6.07, 6.45) is 12.4. The van der Waals surface area contributed by atoms with Gasteiger partial charge in [-0.05, 0) is 54.3 Å². The van der Waals surface area contributed by atoms with E-state index in [2.05, 4.69) is 6.07 Å². The minimum atomic E-state index is -0.313. The Kier molecular flexibility index (Phi) is 11.3. The first-order valence-corrected chi connectivity index (χ1v) is 10.9. The van der Waals surface area contributed by atoms with Gasteiger partial charge in [0.1, 0.15) is 11.6 Å². The van der Waals surface area contributed by atoms with Gasteiger partial charge in [0, 0.05) is 6.61 Å². The standard InChI is InChI=1S/C26H32FNO2/c27-25-14-12-23(13-15-25)24(21-28)20-22-10-16-26(17-11-22)30-19-9-7-5-3-1-2-4-6-8-18-29/h10-17,20,29H,1-9,18-19H2/b24-20+. The number of ether oxygens (including phenoxy) is 1. The molecule has 2 aromatic carbocycles. The van der Waals surface area contributed by atoms with Crippen molar-refractivity contribution in [1.82, 2.24) is 0 Å². The molecular formula is C26H32FNO2. The summed E-state index contributed by atoms with van der Waals surface area (Å²) >= 11 is 0. The normalized spacial score (nSPS) is 11.3. The summed E-state index contributed by atoms with van der Waals surface area (Å²) < 4.78 is 18.9. The molecule has 0 spiro atoms. The predicted octanol–water partition coefficient (Wildman–Crippen LogP) is 6.77. The highest BCUT2D eigenvalue weighted by Crippen LogP contribution is 2.20. The van der Waals surface area contributed by atoms with Crippen LogP contribution in [0.25, 0.3) is 11.6 Å². The number of nitrogens with zero attached hydrogens (tertiary/aromatic N) is 1. The lowest BCUT2D eigenvalue weighted by Gasteiger charge is -2.07. The van der Waals surface area contributed by atoms with E-state index in [-0.39, 0.29) is 5.82 Å². The molecule has 0 aliphatic rings. The first kappa shape index (κ1) is 23.6. The van der Waals surface area contributed by atoms with Crippen molar-refractivity contribution in [3.63, 3.8) is 0 Å². The Balaban J connectivity index is 1.66. The fourth-order valence-corrected chi connectivity index (χ4v) is 3.28. The molecule has 30 heavy (non-hydrogen) atoms. The molecule has 0 saturated carbocycles. The maximum atomic E-state index is 13.1. The summed E-state index contributed by atoms with van der Waals surface area (Å²) in [5.41, 5.74) is 2.10. The fraction of sp³-hybridized carbons (Fsp3) is 0.423. The minimum Gasteiger partial charge on any atom is -0.494 e. The van der Waals surface area contributed by atoms with Crippen molar-refractivity contribution in [3.8, 4) is 11.8 Å². The number of allylic oxidation sites excluding steroid dienone is 1. The molecule has 3 nitrogen and oxygen atoms in total. The molecule has 0 heterocycles. The van der Waals surface area contributed by atoms with Gasteiger partial charge in [-0.2, -0.15) is 5.26 Å². The van der Waals surface area contributed by atoms with E-state index in [0.717, 1.165) is 30.6 Å². The van der Waals surface area contributed by atoms with E-state index < -0.39 is 0 Å². The largest absolute Gasteiger partial charge is 0.494 e. The van der Waals surface area contributed by atoms with Crippen LogP contribution in [0.15, 0.2) is 48.5 Å². The van der Waals surface area contributed by atoms with Gasteiger partial charge in [-0.15, -0.1) is 0 Å². The molecule has 4 heteroatoms. The second-order valence-corrected chi connectivity index (χ2v) is 7.50. The van der Waals surface area contributed by atoms with Crippen LogP contribution in [0, 0.1) is 17.1 Å². The number of unbranched alkanes of at least 4 members (excludes halogenated alkanes) is 8. The predicted molar refractivity (Wildman–Crippen MR) is 120 cm³/mol. The Labute approximate surface area is 179 Å². The molecule has 0 aromatic heterocycles. The van der Waals surface area contributed by atoms with Gasteiger partial charge in [0.15, 0.2) is 0 Å². The quantitative estimate of drug-likeness (QED) is 0.213. The Bertz CT molecular complexity index is 791. The van der Waals surface area contributed by atoms with Crippen molar-refractivity contribution in [2.24, 2.45) is 0 Å². The molecule has 2 aromatic rings. The number of benzene rings is 2. The Morgan fingerprint density at radius 1 is 0.833 bits per heavy atom. The minimum absolute atomic E-state index is 0.313. The molecule has 0 aliphatic heterocycles. The van der Waals surface area contributed by atoms with E-state index in [1.807, 2.05) is 24.3 Å². The first-order chi connectivity index (χ1) is 14.7. The lowest BCUT2D eigenvalue weighted by Crippen LogP contribution is -1.97. The molecule has 0 atom stereocenters. The molecule has 0 saturated heterocycles. The summed E-state index contributed by atoms with van der Waals surface area (Å²) in [6.45, 7) is 1.03. The monoisotopic (exact) mass is 409 g/mol. The third-order valence-electron chi connectivity index (χ3n) is 5.04. The molecule has 0 bridgehead atoms. The highest BCUT2D eigenvalue weighted by atomic mass is 19.1. The van der Waals surface area contributed by atoms with Gasteiger partial charge in [-0.25, -0.2) is 4.39 Å². The van der Waals surface area contributed by atoms with Crippen LogP contribution in [0.4, 0.5) is 4.39 Å². The summed E-state index contributed by atoms with van der Waals surface area (Å²) in [5.74, 6) is 0.517. The van der Waals surface area contributed by atoms with Gasteiger partial charge in [-0.3, -0.25) is 0 Å². The zero-order chi connectivity index (χ0) is 21.4. The molecule has 0 unspecified atom stereocenters. The fourth-order valence-electron chi connectivity index (χ4n) is 3.28. The van der Waals surface area contributed by atoms with Crippen molar-refractivity contribution in [3.05, 3.63) is 65.5 Å². The van der Waals surface area contributed by atoms with E-state index in [1.165, 1.54) is 50.7 Å². The van der Waals surface area contributed by atoms with Gasteiger partial charge < -0.3 is 9.84 Å². The SMILES string of the molecule is N#C/C(=C\c1ccc(OCCCCCCCCCCCO)cc1)c1ccc(F)cc1. The number of nitriles is 1. The number of hydrogen-bond donors (Lipinski definition) is 1. The Morgan fingerprint density at radius 2 is 1.40 bits per heavy atom. The first-order valence-electron chi connectivity index (χ1n) is 10.9. The molecule has 1 N–H and O–H groups in total. The van der Waals surface area contributed by atoms with Crippen LogP contribution >= 0.6 is 0 Å². The number of aliphatic hydroxyl groups is 1. The number of rotatable bonds is 14. The van der Waals surface area contributed by atoms with Gasteiger partial charge >= 0.3 is 0 Å². The maximum absolute atomic E-state index is 13.1. The van der Waals surface area contributed by atoms with Crippen molar-refractivity contribution in [2.75, 3.05) is 13.2 Å². The van der Waals surface area contributed by atoms with Crippen LogP contribution in [0.2, 0.25) is 0 Å². The molecular weight excluding hydrogens is 377 g/mol. The highest BCUT2D eigenvalue weighted by molar-refractivity contribution is 5.89. The average molecular weight is 410 g/mol. The zero-order valence-corrected chi connectivity index (χ0v) is 17.7. The molecule has 0 radical (unpaired) electrons. The number of halogens is 1. The number of hydrogen-bond acceptors (Lipinski definition) is 3. The summed E-state index contributed by atoms with van der Waals surface area (Å²) in [7, 11) is 0. The van der Waals surface area contributed by atoms with Crippen molar-refractivity contribution < 1.29 is 14.2 Å². The van der Waals surface area contributed by atoms with Crippen molar-refractivity contribution >= 4 is 11.6 Å². The van der Waals surface area contributed by atoms with E-state index >= 15 is 0 Å². The van der Waals surface area contributed by atoms with E-state index in [4.69, 9.17) is 9.84 Å². The molecule has 2 rings (SSSR count). The third-order valence-corrected chi connectivity index (χ3v) is 5.04. The molecule has 0 fully saturated rings. The number of aliphatic hydroxyl groups excluding tert-OH is 1. The Hall–Kier alpha value is -2.64. The average Bonchev–Trinajstić information content (AvgIpc) is 2.77. The zero-order valence-electron chi connectivity index (χ0n) is 17.7. The van der Waals surface area contributed by atoms with Gasteiger partial charge in [0.25, 0.3) is 0 Å². The smallest absolute Gasteiger partial charge is 0.123 e.